The number of nitrogens with zero attached hydrogens (tertiary/aromatic N) is 1. The van der Waals surface area contributed by atoms with Gasteiger partial charge in [0.1, 0.15) is 11.5 Å². The summed E-state index contributed by atoms with van der Waals surface area (Å²) in [5.41, 5.74) is 4.72. The van der Waals surface area contributed by atoms with Crippen LogP contribution in [-0.2, 0) is 13.6 Å². The lowest BCUT2D eigenvalue weighted by Crippen LogP contribution is -2.00. The van der Waals surface area contributed by atoms with Gasteiger partial charge in [0.25, 0.3) is 0 Å². The largest absolute Gasteiger partial charge is 0.457 e. The van der Waals surface area contributed by atoms with Crippen molar-refractivity contribution in [1.29, 1.82) is 0 Å². The van der Waals surface area contributed by atoms with E-state index in [0.29, 0.717) is 0 Å². The van der Waals surface area contributed by atoms with Crippen LogP contribution in [0.3, 0.4) is 0 Å². The Kier molecular flexibility index (Phi) is 4.93. The first-order chi connectivity index (χ1) is 13.3. The fraction of sp³-hybridized carbons (Fsp3) is 0.0833. The van der Waals surface area contributed by atoms with Crippen LogP contribution < -0.4 is 10.1 Å². The van der Waals surface area contributed by atoms with Crippen LogP contribution in [0.1, 0.15) is 5.56 Å². The van der Waals surface area contributed by atoms with E-state index in [4.69, 9.17) is 4.74 Å². The summed E-state index contributed by atoms with van der Waals surface area (Å²) in [6.07, 6.45) is 2.07. The molecule has 3 nitrogen and oxygen atoms in total. The third-order valence-electron chi connectivity index (χ3n) is 4.48. The molecule has 0 amide bonds. The van der Waals surface area contributed by atoms with E-state index in [2.05, 4.69) is 65.6 Å². The maximum absolute atomic E-state index is 5.91. The van der Waals surface area contributed by atoms with E-state index in [1.54, 1.807) is 0 Å². The molecule has 4 aromatic rings. The lowest BCUT2D eigenvalue weighted by molar-refractivity contribution is 0.483. The van der Waals surface area contributed by atoms with Crippen LogP contribution in [0.4, 0.5) is 5.69 Å². The van der Waals surface area contributed by atoms with E-state index < -0.39 is 0 Å². The van der Waals surface area contributed by atoms with Gasteiger partial charge in [-0.25, -0.2) is 0 Å². The zero-order valence-electron chi connectivity index (χ0n) is 15.3. The first-order valence-corrected chi connectivity index (χ1v) is 9.05. The summed E-state index contributed by atoms with van der Waals surface area (Å²) in [7, 11) is 2.07. The van der Waals surface area contributed by atoms with Crippen molar-refractivity contribution >= 4 is 5.69 Å². The lowest BCUT2D eigenvalue weighted by Gasteiger charge is -2.11. The third kappa shape index (κ3) is 4.21. The molecule has 3 heteroatoms. The van der Waals surface area contributed by atoms with Gasteiger partial charge in [0, 0.05) is 37.2 Å². The summed E-state index contributed by atoms with van der Waals surface area (Å²) < 4.78 is 8.05. The summed E-state index contributed by atoms with van der Waals surface area (Å²) >= 11 is 0. The Labute approximate surface area is 159 Å². The molecule has 1 aromatic heterocycles. The number of nitrogens with one attached hydrogen (secondary N) is 1. The Hall–Kier alpha value is -3.46. The average Bonchev–Trinajstić information content (AvgIpc) is 3.14. The quantitative estimate of drug-likeness (QED) is 0.453. The third-order valence-corrected chi connectivity index (χ3v) is 4.48. The Morgan fingerprint density at radius 1 is 0.778 bits per heavy atom. The highest BCUT2D eigenvalue weighted by atomic mass is 16.5. The van der Waals surface area contributed by atoms with Crippen LogP contribution in [0.15, 0.2) is 97.2 Å². The van der Waals surface area contributed by atoms with Gasteiger partial charge in [-0.3, -0.25) is 0 Å². The van der Waals surface area contributed by atoms with Crippen LogP contribution in [0.2, 0.25) is 0 Å². The van der Waals surface area contributed by atoms with Crippen LogP contribution in [0.25, 0.3) is 11.3 Å². The highest BCUT2D eigenvalue weighted by Crippen LogP contribution is 2.25. The number of benzene rings is 3. The van der Waals surface area contributed by atoms with Crippen molar-refractivity contribution in [2.75, 3.05) is 5.32 Å². The number of ether oxygens (including phenoxy) is 1. The standard InChI is InChI=1S/C24H22N2O/c1-26-15-7-14-24(26)20-9-5-8-19(16-20)18-25-21-10-6-13-23(17-21)27-22-11-3-2-4-12-22/h2-17,25H,18H2,1H3. The van der Waals surface area contributed by atoms with Crippen LogP contribution >= 0.6 is 0 Å². The van der Waals surface area contributed by atoms with E-state index in [9.17, 15) is 0 Å². The molecule has 4 rings (SSSR count). The second kappa shape index (κ2) is 7.83. The monoisotopic (exact) mass is 354 g/mol. The molecule has 1 heterocycles. The summed E-state index contributed by atoms with van der Waals surface area (Å²) in [5, 5.41) is 3.49. The molecule has 0 atom stereocenters. The van der Waals surface area contributed by atoms with Gasteiger partial charge in [0.15, 0.2) is 0 Å². The number of rotatable bonds is 6. The molecule has 0 spiro atoms. The summed E-state index contributed by atoms with van der Waals surface area (Å²) in [6.45, 7) is 0.757. The second-order valence-corrected chi connectivity index (χ2v) is 6.50. The number of aromatic nitrogens is 1. The molecular formula is C24H22N2O. The number of anilines is 1. The molecule has 0 unspecified atom stereocenters. The van der Waals surface area contributed by atoms with E-state index in [0.717, 1.165) is 23.7 Å². The van der Waals surface area contributed by atoms with Gasteiger partial charge in [-0.1, -0.05) is 42.5 Å². The predicted octanol–water partition coefficient (Wildman–Crippen LogP) is 6.10. The van der Waals surface area contributed by atoms with E-state index in [1.165, 1.54) is 16.8 Å². The van der Waals surface area contributed by atoms with Crippen molar-refractivity contribution in [3.8, 4) is 22.8 Å². The molecule has 27 heavy (non-hydrogen) atoms. The fourth-order valence-electron chi connectivity index (χ4n) is 3.10. The van der Waals surface area contributed by atoms with Crippen molar-refractivity contribution in [3.05, 3.63) is 103 Å². The number of aryl methyl sites for hydroxylation is 1. The molecule has 0 aliphatic rings. The Morgan fingerprint density at radius 2 is 1.59 bits per heavy atom. The summed E-state index contributed by atoms with van der Waals surface area (Å²) in [6, 6.07) is 30.7. The Morgan fingerprint density at radius 3 is 2.41 bits per heavy atom. The zero-order chi connectivity index (χ0) is 18.5. The van der Waals surface area contributed by atoms with E-state index in [-0.39, 0.29) is 0 Å². The minimum atomic E-state index is 0.757. The summed E-state index contributed by atoms with van der Waals surface area (Å²) in [4.78, 5) is 0. The van der Waals surface area contributed by atoms with Crippen LogP contribution in [0.5, 0.6) is 11.5 Å². The smallest absolute Gasteiger partial charge is 0.129 e. The SMILES string of the molecule is Cn1cccc1-c1cccc(CNc2cccc(Oc3ccccc3)c2)c1. The first kappa shape index (κ1) is 17.0. The van der Waals surface area contributed by atoms with Crippen molar-refractivity contribution in [3.63, 3.8) is 0 Å². The van der Waals surface area contributed by atoms with Gasteiger partial charge in [-0.2, -0.15) is 0 Å². The molecule has 0 saturated heterocycles. The molecule has 134 valence electrons. The normalized spacial score (nSPS) is 10.6. The molecule has 0 aliphatic heterocycles. The molecule has 0 fully saturated rings. The van der Waals surface area contributed by atoms with Crippen LogP contribution in [-0.4, -0.2) is 4.57 Å². The molecular weight excluding hydrogens is 332 g/mol. The Bertz CT molecular complexity index is 1020. The zero-order valence-corrected chi connectivity index (χ0v) is 15.3. The first-order valence-electron chi connectivity index (χ1n) is 9.05. The Balaban J connectivity index is 1.45. The molecule has 1 N–H and O–H groups in total. The van der Waals surface area contributed by atoms with Crippen LogP contribution in [0, 0.1) is 0 Å². The molecule has 0 bridgehead atoms. The van der Waals surface area contributed by atoms with E-state index >= 15 is 0 Å². The topological polar surface area (TPSA) is 26.2 Å². The number of hydrogen-bond donors (Lipinski definition) is 1. The predicted molar refractivity (Wildman–Crippen MR) is 111 cm³/mol. The molecule has 0 saturated carbocycles. The van der Waals surface area contributed by atoms with Gasteiger partial charge in [-0.15, -0.1) is 0 Å². The van der Waals surface area contributed by atoms with Gasteiger partial charge < -0.3 is 14.6 Å². The average molecular weight is 354 g/mol. The van der Waals surface area contributed by atoms with Gasteiger partial charge >= 0.3 is 0 Å². The minimum absolute atomic E-state index is 0.757. The van der Waals surface area contributed by atoms with Gasteiger partial charge in [0.05, 0.1) is 0 Å². The minimum Gasteiger partial charge on any atom is -0.457 e. The van der Waals surface area contributed by atoms with Gasteiger partial charge in [-0.05, 0) is 53.6 Å². The lowest BCUT2D eigenvalue weighted by atomic mass is 10.1. The van der Waals surface area contributed by atoms with Crippen molar-refractivity contribution in [2.45, 2.75) is 6.54 Å². The van der Waals surface area contributed by atoms with Crippen molar-refractivity contribution in [2.24, 2.45) is 7.05 Å². The van der Waals surface area contributed by atoms with E-state index in [1.807, 2.05) is 48.5 Å². The summed E-state index contributed by atoms with van der Waals surface area (Å²) in [5.74, 6) is 1.66. The molecule has 0 aliphatic carbocycles. The number of hydrogen-bond acceptors (Lipinski definition) is 2. The molecule has 3 aromatic carbocycles. The van der Waals surface area contributed by atoms with Crippen molar-refractivity contribution in [1.82, 2.24) is 4.57 Å². The fourth-order valence-corrected chi connectivity index (χ4v) is 3.10. The maximum Gasteiger partial charge on any atom is 0.129 e. The number of para-hydroxylation sites is 1. The second-order valence-electron chi connectivity index (χ2n) is 6.50. The maximum atomic E-state index is 5.91. The van der Waals surface area contributed by atoms with Gasteiger partial charge in [0.2, 0.25) is 0 Å². The highest BCUT2D eigenvalue weighted by molar-refractivity contribution is 5.61. The molecule has 0 radical (unpaired) electrons. The van der Waals surface area contributed by atoms with Crippen molar-refractivity contribution < 1.29 is 4.74 Å². The highest BCUT2D eigenvalue weighted by Gasteiger charge is 2.03.